The lowest BCUT2D eigenvalue weighted by Gasteiger charge is -2.36. The summed E-state index contributed by atoms with van der Waals surface area (Å²) in [7, 11) is 0. The maximum Gasteiger partial charge on any atom is 0.234 e. The number of nitrogens with zero attached hydrogens (tertiary/aromatic N) is 1. The Kier molecular flexibility index (Phi) is 6.57. The molecule has 0 fully saturated rings. The third kappa shape index (κ3) is 4.31. The molecule has 1 aliphatic rings. The standard InChI is InChI=1S/C25H27ClN2OS/c1-3-20-17(2)30-25-21(20)13-14-28(24(25)18-9-5-4-6-10-18)16-23(29)27-15-19-11-7-8-12-22(19)26/h4-12,24H,3,13-16H2,1-2H3,(H,27,29)/t24-/m1/s1. The first kappa shape index (κ1) is 21.1. The third-order valence-electron chi connectivity index (χ3n) is 5.86. The van der Waals surface area contributed by atoms with Crippen LogP contribution in [0.4, 0.5) is 0 Å². The minimum absolute atomic E-state index is 0.0308. The number of fused-ring (bicyclic) bond motifs is 1. The van der Waals surface area contributed by atoms with Crippen LogP contribution in [0.25, 0.3) is 0 Å². The minimum atomic E-state index is 0.0308. The van der Waals surface area contributed by atoms with Crippen molar-refractivity contribution in [2.24, 2.45) is 0 Å². The number of halogens is 1. The topological polar surface area (TPSA) is 32.3 Å². The molecule has 0 saturated carbocycles. The summed E-state index contributed by atoms with van der Waals surface area (Å²) in [6, 6.07) is 18.3. The lowest BCUT2D eigenvalue weighted by atomic mass is 9.91. The van der Waals surface area contributed by atoms with E-state index in [1.807, 2.05) is 41.7 Å². The molecule has 0 aliphatic carbocycles. The van der Waals surface area contributed by atoms with Gasteiger partial charge in [0, 0.05) is 27.9 Å². The second-order valence-electron chi connectivity index (χ2n) is 7.73. The molecule has 0 spiro atoms. The molecule has 1 aromatic heterocycles. The Bertz CT molecular complexity index is 1030. The molecule has 156 valence electrons. The molecule has 2 aromatic carbocycles. The molecule has 3 aromatic rings. The molecule has 2 heterocycles. The van der Waals surface area contributed by atoms with Gasteiger partial charge in [-0.15, -0.1) is 11.3 Å². The average Bonchev–Trinajstić information content (AvgIpc) is 3.08. The van der Waals surface area contributed by atoms with Crippen LogP contribution >= 0.6 is 22.9 Å². The van der Waals surface area contributed by atoms with Crippen molar-refractivity contribution >= 4 is 28.8 Å². The van der Waals surface area contributed by atoms with Gasteiger partial charge in [-0.25, -0.2) is 0 Å². The predicted molar refractivity (Wildman–Crippen MR) is 125 cm³/mol. The van der Waals surface area contributed by atoms with Gasteiger partial charge >= 0.3 is 0 Å². The van der Waals surface area contributed by atoms with Crippen LogP contribution in [0.2, 0.25) is 5.02 Å². The molecule has 1 atom stereocenters. The van der Waals surface area contributed by atoms with Gasteiger partial charge in [0.2, 0.25) is 5.91 Å². The number of benzene rings is 2. The van der Waals surface area contributed by atoms with E-state index in [2.05, 4.69) is 48.3 Å². The van der Waals surface area contributed by atoms with Crippen LogP contribution in [-0.4, -0.2) is 23.9 Å². The smallest absolute Gasteiger partial charge is 0.234 e. The maximum absolute atomic E-state index is 12.8. The molecule has 3 nitrogen and oxygen atoms in total. The quantitative estimate of drug-likeness (QED) is 0.548. The normalized spacial score (nSPS) is 16.3. The van der Waals surface area contributed by atoms with Gasteiger partial charge in [0.15, 0.2) is 0 Å². The van der Waals surface area contributed by atoms with E-state index in [1.54, 1.807) is 0 Å². The molecule has 0 bridgehead atoms. The molecular formula is C25H27ClN2OS. The summed E-state index contributed by atoms with van der Waals surface area (Å²) < 4.78 is 0. The van der Waals surface area contributed by atoms with E-state index in [-0.39, 0.29) is 11.9 Å². The van der Waals surface area contributed by atoms with Gasteiger partial charge in [0.25, 0.3) is 0 Å². The number of hydrogen-bond donors (Lipinski definition) is 1. The molecule has 0 radical (unpaired) electrons. The van der Waals surface area contributed by atoms with Crippen LogP contribution in [0.5, 0.6) is 0 Å². The molecule has 1 N–H and O–H groups in total. The highest BCUT2D eigenvalue weighted by molar-refractivity contribution is 7.12. The average molecular weight is 439 g/mol. The van der Waals surface area contributed by atoms with Crippen molar-refractivity contribution in [3.8, 4) is 0 Å². The molecule has 5 heteroatoms. The van der Waals surface area contributed by atoms with Crippen LogP contribution in [0.1, 0.15) is 45.0 Å². The van der Waals surface area contributed by atoms with E-state index in [4.69, 9.17) is 11.6 Å². The molecule has 0 unspecified atom stereocenters. The number of amides is 1. The highest BCUT2D eigenvalue weighted by Crippen LogP contribution is 2.42. The first-order valence-corrected chi connectivity index (χ1v) is 11.7. The number of carbonyl (C=O) groups is 1. The number of carbonyl (C=O) groups excluding carboxylic acids is 1. The Morgan fingerprint density at radius 1 is 1.17 bits per heavy atom. The van der Waals surface area contributed by atoms with Gasteiger partial charge in [-0.05, 0) is 48.1 Å². The number of thiophene rings is 1. The van der Waals surface area contributed by atoms with E-state index in [1.165, 1.54) is 26.4 Å². The first-order valence-electron chi connectivity index (χ1n) is 10.5. The Morgan fingerprint density at radius 2 is 1.90 bits per heavy atom. The van der Waals surface area contributed by atoms with Gasteiger partial charge in [-0.1, -0.05) is 67.1 Å². The van der Waals surface area contributed by atoms with Crippen molar-refractivity contribution in [1.29, 1.82) is 0 Å². The zero-order valence-electron chi connectivity index (χ0n) is 17.5. The monoisotopic (exact) mass is 438 g/mol. The summed E-state index contributed by atoms with van der Waals surface area (Å²) in [5.41, 5.74) is 5.19. The predicted octanol–water partition coefficient (Wildman–Crippen LogP) is 5.54. The van der Waals surface area contributed by atoms with E-state index >= 15 is 0 Å². The fourth-order valence-electron chi connectivity index (χ4n) is 4.40. The summed E-state index contributed by atoms with van der Waals surface area (Å²) in [5.74, 6) is 0.0308. The van der Waals surface area contributed by atoms with Crippen molar-refractivity contribution in [2.45, 2.75) is 39.3 Å². The Labute approximate surface area is 187 Å². The largest absolute Gasteiger partial charge is 0.351 e. The van der Waals surface area contributed by atoms with Crippen LogP contribution in [0, 0.1) is 6.92 Å². The number of hydrogen-bond acceptors (Lipinski definition) is 3. The highest BCUT2D eigenvalue weighted by atomic mass is 35.5. The molecule has 4 rings (SSSR count). The minimum Gasteiger partial charge on any atom is -0.351 e. The van der Waals surface area contributed by atoms with Crippen LogP contribution < -0.4 is 5.32 Å². The summed E-state index contributed by atoms with van der Waals surface area (Å²) in [6.07, 6.45) is 2.07. The van der Waals surface area contributed by atoms with Crippen molar-refractivity contribution < 1.29 is 4.79 Å². The van der Waals surface area contributed by atoms with Crippen LogP contribution in [-0.2, 0) is 24.2 Å². The first-order chi connectivity index (χ1) is 14.6. The Morgan fingerprint density at radius 3 is 2.63 bits per heavy atom. The van der Waals surface area contributed by atoms with E-state index in [0.29, 0.717) is 18.1 Å². The van der Waals surface area contributed by atoms with Crippen molar-refractivity contribution in [2.75, 3.05) is 13.1 Å². The van der Waals surface area contributed by atoms with Gasteiger partial charge in [0.05, 0.1) is 12.6 Å². The van der Waals surface area contributed by atoms with Crippen molar-refractivity contribution in [3.05, 3.63) is 91.6 Å². The van der Waals surface area contributed by atoms with Gasteiger partial charge in [-0.2, -0.15) is 0 Å². The summed E-state index contributed by atoms with van der Waals surface area (Å²) in [4.78, 5) is 17.9. The summed E-state index contributed by atoms with van der Waals surface area (Å²) in [5, 5.41) is 3.73. The second kappa shape index (κ2) is 9.34. The Hall–Kier alpha value is -2.14. The molecule has 1 aliphatic heterocycles. The maximum atomic E-state index is 12.8. The zero-order valence-corrected chi connectivity index (χ0v) is 19.0. The van der Waals surface area contributed by atoms with Crippen LogP contribution in [0.15, 0.2) is 54.6 Å². The van der Waals surface area contributed by atoms with Crippen molar-refractivity contribution in [3.63, 3.8) is 0 Å². The fourth-order valence-corrected chi connectivity index (χ4v) is 6.07. The van der Waals surface area contributed by atoms with Crippen LogP contribution in [0.3, 0.4) is 0 Å². The summed E-state index contributed by atoms with van der Waals surface area (Å²) >= 11 is 8.13. The second-order valence-corrected chi connectivity index (χ2v) is 9.40. The van der Waals surface area contributed by atoms with E-state index < -0.39 is 0 Å². The highest BCUT2D eigenvalue weighted by Gasteiger charge is 2.33. The lowest BCUT2D eigenvalue weighted by Crippen LogP contribution is -2.42. The molecule has 1 amide bonds. The number of rotatable bonds is 6. The van der Waals surface area contributed by atoms with Crippen molar-refractivity contribution in [1.82, 2.24) is 10.2 Å². The lowest BCUT2D eigenvalue weighted by molar-refractivity contribution is -0.122. The molecular weight excluding hydrogens is 412 g/mol. The van der Waals surface area contributed by atoms with Gasteiger partial charge in [0.1, 0.15) is 0 Å². The van der Waals surface area contributed by atoms with E-state index in [0.717, 1.165) is 24.9 Å². The van der Waals surface area contributed by atoms with Gasteiger partial charge in [-0.3, -0.25) is 9.69 Å². The zero-order chi connectivity index (χ0) is 21.1. The molecule has 30 heavy (non-hydrogen) atoms. The van der Waals surface area contributed by atoms with E-state index in [9.17, 15) is 4.79 Å². The van der Waals surface area contributed by atoms with Gasteiger partial charge < -0.3 is 5.32 Å². The third-order valence-corrected chi connectivity index (χ3v) is 7.47. The SMILES string of the molecule is CCc1c(C)sc2c1CCN(CC(=O)NCc1ccccc1Cl)[C@@H]2c1ccccc1. The number of nitrogens with one attached hydrogen (secondary N) is 1. The summed E-state index contributed by atoms with van der Waals surface area (Å²) in [6.45, 7) is 6.18. The Balaban J connectivity index is 1.56. The molecule has 0 saturated heterocycles. The fraction of sp³-hybridized carbons (Fsp3) is 0.320. The number of aryl methyl sites for hydroxylation is 1.